The molecule has 0 aliphatic heterocycles. The third-order valence-electron chi connectivity index (χ3n) is 4.76. The molecule has 0 unspecified atom stereocenters. The molecule has 0 radical (unpaired) electrons. The van der Waals surface area contributed by atoms with E-state index in [4.69, 9.17) is 0 Å². The summed E-state index contributed by atoms with van der Waals surface area (Å²) >= 11 is 0. The lowest BCUT2D eigenvalue weighted by Gasteiger charge is -2.14. The fourth-order valence-electron chi connectivity index (χ4n) is 3.17. The van der Waals surface area contributed by atoms with Crippen LogP contribution in [0.5, 0.6) is 11.6 Å². The minimum Gasteiger partial charge on any atom is -0.507 e. The monoisotopic (exact) mass is 398 g/mol. The first-order chi connectivity index (χ1) is 14.0. The molecule has 0 fully saturated rings. The van der Waals surface area contributed by atoms with Gasteiger partial charge in [-0.05, 0) is 44.2 Å². The number of hydrogen-bond acceptors (Lipinski definition) is 6. The molecule has 3 rings (SSSR count). The highest BCUT2D eigenvalue weighted by Crippen LogP contribution is 2.21. The zero-order chi connectivity index (χ0) is 20.8. The Bertz CT molecular complexity index is 1080. The lowest BCUT2D eigenvalue weighted by molar-refractivity contribution is 0.0952. The van der Waals surface area contributed by atoms with Crippen LogP contribution in [0.3, 0.4) is 0 Å². The number of amides is 1. The van der Waals surface area contributed by atoms with E-state index in [0.29, 0.717) is 6.42 Å². The molecule has 1 heterocycles. The minimum absolute atomic E-state index is 0.00788. The Balaban J connectivity index is 1.76. The summed E-state index contributed by atoms with van der Waals surface area (Å²) in [4.78, 5) is 38.3. The van der Waals surface area contributed by atoms with E-state index in [0.717, 1.165) is 36.5 Å². The van der Waals surface area contributed by atoms with E-state index in [2.05, 4.69) is 21.6 Å². The summed E-state index contributed by atoms with van der Waals surface area (Å²) in [6, 6.07) is 5.91. The number of carbonyl (C=O) groups excluding carboxylic acids is 1. The number of hydrazone groups is 1. The summed E-state index contributed by atoms with van der Waals surface area (Å²) in [5.41, 5.74) is 1.62. The minimum atomic E-state index is -0.818. The van der Waals surface area contributed by atoms with E-state index in [9.17, 15) is 24.6 Å². The second-order valence-electron chi connectivity index (χ2n) is 6.72. The number of aromatic nitrogens is 2. The SMILES string of the molecule is O=C(NN=Cc1c(O)n(CCC2=CCCCC2)c(=O)[nH]c1=O)c1ccccc1O. The first kappa shape index (κ1) is 20.1. The van der Waals surface area contributed by atoms with Crippen LogP contribution in [-0.2, 0) is 6.54 Å². The number of hydrogen-bond donors (Lipinski definition) is 4. The van der Waals surface area contributed by atoms with Gasteiger partial charge in [0.1, 0.15) is 11.3 Å². The molecule has 1 amide bonds. The number of aromatic hydroxyl groups is 2. The van der Waals surface area contributed by atoms with Crippen molar-refractivity contribution in [3.05, 3.63) is 67.9 Å². The molecule has 9 heteroatoms. The number of para-hydroxylation sites is 1. The number of phenols is 1. The lowest BCUT2D eigenvalue weighted by Crippen LogP contribution is -2.32. The molecule has 0 saturated heterocycles. The van der Waals surface area contributed by atoms with Crippen LogP contribution in [0.2, 0.25) is 0 Å². The topological polar surface area (TPSA) is 137 Å². The summed E-state index contributed by atoms with van der Waals surface area (Å²) in [5.74, 6) is -1.42. The zero-order valence-electron chi connectivity index (χ0n) is 15.7. The van der Waals surface area contributed by atoms with E-state index >= 15 is 0 Å². The van der Waals surface area contributed by atoms with Gasteiger partial charge in [0, 0.05) is 6.54 Å². The molecule has 9 nitrogen and oxygen atoms in total. The second-order valence-corrected chi connectivity index (χ2v) is 6.72. The predicted molar refractivity (Wildman–Crippen MR) is 107 cm³/mol. The molecule has 4 N–H and O–H groups in total. The molecule has 1 aliphatic rings. The standard InChI is InChI=1S/C20H22N4O5/c25-16-9-5-4-8-14(16)18(27)23-21-12-15-17(26)22-20(29)24(19(15)28)11-10-13-6-2-1-3-7-13/h4-6,8-9,12,25,28H,1-3,7,10-11H2,(H,23,27)(H,22,26,29). The van der Waals surface area contributed by atoms with E-state index in [1.807, 2.05) is 0 Å². The molecular formula is C20H22N4O5. The Morgan fingerprint density at radius 1 is 1.24 bits per heavy atom. The Labute approximate surface area is 166 Å². The van der Waals surface area contributed by atoms with E-state index in [1.54, 1.807) is 12.1 Å². The third kappa shape index (κ3) is 4.81. The summed E-state index contributed by atoms with van der Waals surface area (Å²) in [6.07, 6.45) is 7.94. The van der Waals surface area contributed by atoms with Crippen LogP contribution in [0.25, 0.3) is 0 Å². The maximum Gasteiger partial charge on any atom is 0.331 e. The van der Waals surface area contributed by atoms with Gasteiger partial charge in [-0.15, -0.1) is 0 Å². The maximum absolute atomic E-state index is 12.1. The molecule has 1 aromatic carbocycles. The number of benzene rings is 1. The average molecular weight is 398 g/mol. The van der Waals surface area contributed by atoms with Crippen molar-refractivity contribution >= 4 is 12.1 Å². The van der Waals surface area contributed by atoms with Crippen molar-refractivity contribution in [2.45, 2.75) is 38.6 Å². The molecule has 0 spiro atoms. The van der Waals surface area contributed by atoms with Gasteiger partial charge in [0.15, 0.2) is 0 Å². The molecule has 1 aromatic heterocycles. The number of aromatic amines is 1. The number of allylic oxidation sites excluding steroid dienone is 2. The molecule has 29 heavy (non-hydrogen) atoms. The second kappa shape index (κ2) is 9.05. The first-order valence-electron chi connectivity index (χ1n) is 9.32. The molecule has 2 aromatic rings. The van der Waals surface area contributed by atoms with Crippen LogP contribution >= 0.6 is 0 Å². The van der Waals surface area contributed by atoms with Gasteiger partial charge in [-0.3, -0.25) is 19.1 Å². The number of phenolic OH excluding ortho intramolecular Hbond substituents is 1. The molecule has 1 aliphatic carbocycles. The van der Waals surface area contributed by atoms with E-state index < -0.39 is 23.0 Å². The van der Waals surface area contributed by atoms with Crippen molar-refractivity contribution in [3.8, 4) is 11.6 Å². The van der Waals surface area contributed by atoms with E-state index in [-0.39, 0.29) is 23.4 Å². The summed E-state index contributed by atoms with van der Waals surface area (Å²) in [5, 5.41) is 23.7. The highest BCUT2D eigenvalue weighted by Gasteiger charge is 2.14. The fourth-order valence-corrected chi connectivity index (χ4v) is 3.17. The molecule has 0 bridgehead atoms. The zero-order valence-corrected chi connectivity index (χ0v) is 15.7. The van der Waals surface area contributed by atoms with Crippen molar-refractivity contribution in [2.75, 3.05) is 0 Å². The Morgan fingerprint density at radius 2 is 2.03 bits per heavy atom. The van der Waals surface area contributed by atoms with Crippen LogP contribution in [0.1, 0.15) is 48.0 Å². The summed E-state index contributed by atoms with van der Waals surface area (Å²) < 4.78 is 1.07. The summed E-state index contributed by atoms with van der Waals surface area (Å²) in [7, 11) is 0. The number of nitrogens with zero attached hydrogens (tertiary/aromatic N) is 2. The number of carbonyl (C=O) groups is 1. The van der Waals surface area contributed by atoms with Crippen LogP contribution < -0.4 is 16.7 Å². The smallest absolute Gasteiger partial charge is 0.331 e. The van der Waals surface area contributed by atoms with Gasteiger partial charge >= 0.3 is 5.69 Å². The van der Waals surface area contributed by atoms with Gasteiger partial charge in [-0.1, -0.05) is 23.8 Å². The maximum atomic E-state index is 12.1. The van der Waals surface area contributed by atoms with Crippen molar-refractivity contribution in [3.63, 3.8) is 0 Å². The highest BCUT2D eigenvalue weighted by atomic mass is 16.3. The van der Waals surface area contributed by atoms with Crippen LogP contribution in [0.15, 0.2) is 50.6 Å². The molecular weight excluding hydrogens is 376 g/mol. The predicted octanol–water partition coefficient (Wildman–Crippen LogP) is 1.60. The van der Waals surface area contributed by atoms with Crippen molar-refractivity contribution in [2.24, 2.45) is 5.10 Å². The molecule has 0 saturated carbocycles. The Hall–Kier alpha value is -3.62. The Morgan fingerprint density at radius 3 is 2.76 bits per heavy atom. The highest BCUT2D eigenvalue weighted by molar-refractivity contribution is 5.97. The van der Waals surface area contributed by atoms with Crippen molar-refractivity contribution in [1.29, 1.82) is 0 Å². The van der Waals surface area contributed by atoms with Gasteiger partial charge in [-0.2, -0.15) is 5.10 Å². The van der Waals surface area contributed by atoms with Gasteiger partial charge in [-0.25, -0.2) is 10.2 Å². The first-order valence-corrected chi connectivity index (χ1v) is 9.32. The van der Waals surface area contributed by atoms with Gasteiger partial charge < -0.3 is 10.2 Å². The van der Waals surface area contributed by atoms with Gasteiger partial charge in [0.05, 0.1) is 11.8 Å². The number of nitrogens with one attached hydrogen (secondary N) is 2. The quantitative estimate of drug-likeness (QED) is 0.333. The van der Waals surface area contributed by atoms with Gasteiger partial charge in [0.25, 0.3) is 11.5 Å². The molecule has 0 atom stereocenters. The normalized spacial score (nSPS) is 14.0. The van der Waals surface area contributed by atoms with Gasteiger partial charge in [0.2, 0.25) is 5.88 Å². The fraction of sp³-hybridized carbons (Fsp3) is 0.300. The largest absolute Gasteiger partial charge is 0.507 e. The lowest BCUT2D eigenvalue weighted by atomic mass is 9.97. The summed E-state index contributed by atoms with van der Waals surface area (Å²) in [6.45, 7) is 0.221. The van der Waals surface area contributed by atoms with E-state index in [1.165, 1.54) is 17.7 Å². The number of H-pyrrole nitrogens is 1. The third-order valence-corrected chi connectivity index (χ3v) is 4.76. The van der Waals surface area contributed by atoms with Crippen molar-refractivity contribution in [1.82, 2.24) is 15.0 Å². The van der Waals surface area contributed by atoms with Crippen LogP contribution in [-0.4, -0.2) is 31.9 Å². The Kier molecular flexibility index (Phi) is 6.28. The number of rotatable bonds is 6. The van der Waals surface area contributed by atoms with Crippen LogP contribution in [0.4, 0.5) is 0 Å². The van der Waals surface area contributed by atoms with Crippen LogP contribution in [0, 0.1) is 0 Å². The average Bonchev–Trinajstić information content (AvgIpc) is 2.71. The van der Waals surface area contributed by atoms with Crippen molar-refractivity contribution < 1.29 is 15.0 Å². The molecule has 152 valence electrons.